The summed E-state index contributed by atoms with van der Waals surface area (Å²) in [5.74, 6) is 2.09. The van der Waals surface area contributed by atoms with Gasteiger partial charge in [-0.05, 0) is 81.2 Å². The van der Waals surface area contributed by atoms with E-state index >= 15 is 0 Å². The van der Waals surface area contributed by atoms with Crippen LogP contribution in [-0.2, 0) is 4.79 Å². The number of unbranched alkanes of at least 4 members (excludes halogenated alkanes) is 1. The fourth-order valence-corrected chi connectivity index (χ4v) is 3.87. The van der Waals surface area contributed by atoms with E-state index in [4.69, 9.17) is 29.4 Å². The molecule has 0 aromatic heterocycles. The first-order chi connectivity index (χ1) is 19.5. The van der Waals surface area contributed by atoms with E-state index in [0.717, 1.165) is 44.5 Å². The zero-order chi connectivity index (χ0) is 29.2. The van der Waals surface area contributed by atoms with Crippen LogP contribution >= 0.6 is 0 Å². The Hall–Kier alpha value is -3.76. The molecule has 220 valence electrons. The minimum absolute atomic E-state index is 0.000635. The number of ketones is 1. The molecule has 0 spiro atoms. The molecule has 0 fully saturated rings. The standard InChI is InChI=1S/C30H43N3O7/c1-36-25-13-11-22(10-12-24(34)23-20-27(37-2)30(39-4)28(21-23)38-3)19-26(25)40-18-7-9-29(35)33-17-8-16-32-15-6-5-14-31/h10-13,19-21,32H,5-9,14-18,31H2,1-4H3,(H,33,35)/b12-10+. The van der Waals surface area contributed by atoms with Crippen molar-refractivity contribution in [2.45, 2.75) is 32.1 Å². The van der Waals surface area contributed by atoms with E-state index in [1.807, 2.05) is 6.07 Å². The lowest BCUT2D eigenvalue weighted by atomic mass is 10.1. The van der Waals surface area contributed by atoms with E-state index in [1.54, 1.807) is 37.5 Å². The molecule has 2 rings (SSSR count). The Balaban J connectivity index is 1.86. The molecule has 4 N–H and O–H groups in total. The van der Waals surface area contributed by atoms with Crippen molar-refractivity contribution < 1.29 is 33.3 Å². The summed E-state index contributed by atoms with van der Waals surface area (Å²) in [6.45, 7) is 3.53. The summed E-state index contributed by atoms with van der Waals surface area (Å²) in [6.07, 6.45) is 7.06. The minimum Gasteiger partial charge on any atom is -0.493 e. The molecule has 0 bridgehead atoms. The van der Waals surface area contributed by atoms with Gasteiger partial charge in [0.1, 0.15) is 0 Å². The number of hydrogen-bond donors (Lipinski definition) is 3. The molecule has 0 unspecified atom stereocenters. The topological polar surface area (TPSA) is 130 Å². The van der Waals surface area contributed by atoms with Crippen molar-refractivity contribution in [1.82, 2.24) is 10.6 Å². The number of carbonyl (C=O) groups excluding carboxylic acids is 2. The van der Waals surface area contributed by atoms with E-state index < -0.39 is 0 Å². The number of methoxy groups -OCH3 is 4. The molecule has 40 heavy (non-hydrogen) atoms. The van der Waals surface area contributed by atoms with E-state index in [2.05, 4.69) is 10.6 Å². The number of allylic oxidation sites excluding steroid dienone is 1. The van der Waals surface area contributed by atoms with Crippen molar-refractivity contribution in [2.75, 3.05) is 61.2 Å². The largest absolute Gasteiger partial charge is 0.493 e. The highest BCUT2D eigenvalue weighted by atomic mass is 16.5. The summed E-state index contributed by atoms with van der Waals surface area (Å²) in [5, 5.41) is 6.27. The van der Waals surface area contributed by atoms with Gasteiger partial charge in [0.2, 0.25) is 11.7 Å². The van der Waals surface area contributed by atoms with Crippen LogP contribution in [0.3, 0.4) is 0 Å². The number of nitrogens with one attached hydrogen (secondary N) is 2. The Bertz CT molecular complexity index is 1080. The van der Waals surface area contributed by atoms with Crippen LogP contribution in [0.5, 0.6) is 28.7 Å². The van der Waals surface area contributed by atoms with Gasteiger partial charge < -0.3 is 40.1 Å². The SMILES string of the molecule is COc1ccc(/C=C/C(=O)c2cc(OC)c(OC)c(OC)c2)cc1OCCCC(=O)NCCCNCCCCN. The van der Waals surface area contributed by atoms with Gasteiger partial charge in [0, 0.05) is 18.5 Å². The maximum atomic E-state index is 12.9. The van der Waals surface area contributed by atoms with Crippen molar-refractivity contribution >= 4 is 17.8 Å². The molecule has 0 aliphatic carbocycles. The summed E-state index contributed by atoms with van der Waals surface area (Å²) in [4.78, 5) is 25.0. The quantitative estimate of drug-likeness (QED) is 0.127. The molecule has 0 heterocycles. The Labute approximate surface area is 237 Å². The number of rotatable bonds is 20. The van der Waals surface area contributed by atoms with Gasteiger partial charge in [-0.15, -0.1) is 0 Å². The number of carbonyl (C=O) groups is 2. The lowest BCUT2D eigenvalue weighted by molar-refractivity contribution is -0.121. The van der Waals surface area contributed by atoms with E-state index in [9.17, 15) is 9.59 Å². The highest BCUT2D eigenvalue weighted by molar-refractivity contribution is 6.07. The highest BCUT2D eigenvalue weighted by Crippen LogP contribution is 2.38. The van der Waals surface area contributed by atoms with E-state index in [0.29, 0.717) is 60.3 Å². The van der Waals surface area contributed by atoms with Crippen LogP contribution < -0.4 is 40.1 Å². The zero-order valence-corrected chi connectivity index (χ0v) is 24.0. The van der Waals surface area contributed by atoms with Gasteiger partial charge in [0.05, 0.1) is 35.0 Å². The van der Waals surface area contributed by atoms with Gasteiger partial charge in [-0.25, -0.2) is 0 Å². The third-order valence-corrected chi connectivity index (χ3v) is 6.03. The predicted octanol–water partition coefficient (Wildman–Crippen LogP) is 3.61. The van der Waals surface area contributed by atoms with Crippen LogP contribution in [0, 0.1) is 0 Å². The van der Waals surface area contributed by atoms with Crippen molar-refractivity contribution in [3.8, 4) is 28.7 Å². The molecule has 0 aliphatic rings. The molecule has 10 heteroatoms. The second-order valence-corrected chi connectivity index (χ2v) is 8.92. The Morgan fingerprint density at radius 1 is 0.800 bits per heavy atom. The molecule has 2 aromatic rings. The first-order valence-electron chi connectivity index (χ1n) is 13.5. The summed E-state index contributed by atoms with van der Waals surface area (Å²) in [5.41, 5.74) is 6.63. The average molecular weight is 558 g/mol. The minimum atomic E-state index is -0.231. The van der Waals surface area contributed by atoms with Crippen LogP contribution in [0.1, 0.15) is 48.0 Å². The summed E-state index contributed by atoms with van der Waals surface area (Å²) in [6, 6.07) is 8.60. The van der Waals surface area contributed by atoms with Crippen LogP contribution in [0.4, 0.5) is 0 Å². The van der Waals surface area contributed by atoms with Gasteiger partial charge in [-0.3, -0.25) is 9.59 Å². The predicted molar refractivity (Wildman–Crippen MR) is 156 cm³/mol. The molecule has 0 saturated heterocycles. The molecule has 0 atom stereocenters. The van der Waals surface area contributed by atoms with E-state index in [-0.39, 0.29) is 11.7 Å². The monoisotopic (exact) mass is 557 g/mol. The number of ether oxygens (including phenoxy) is 5. The second kappa shape index (κ2) is 18.5. The molecule has 2 aromatic carbocycles. The number of amides is 1. The highest BCUT2D eigenvalue weighted by Gasteiger charge is 2.16. The Kier molecular flexibility index (Phi) is 15.0. The molecule has 0 aliphatic heterocycles. The number of hydrogen-bond acceptors (Lipinski definition) is 9. The summed E-state index contributed by atoms with van der Waals surface area (Å²) in [7, 11) is 6.07. The molecule has 0 radical (unpaired) electrons. The average Bonchev–Trinajstić information content (AvgIpc) is 2.98. The normalized spacial score (nSPS) is 10.8. The van der Waals surface area contributed by atoms with Gasteiger partial charge in [0.25, 0.3) is 0 Å². The van der Waals surface area contributed by atoms with Crippen LogP contribution in [-0.4, -0.2) is 72.9 Å². The third kappa shape index (κ3) is 10.8. The molecular formula is C30H43N3O7. The van der Waals surface area contributed by atoms with Crippen molar-refractivity contribution in [1.29, 1.82) is 0 Å². The first kappa shape index (κ1) is 32.5. The van der Waals surface area contributed by atoms with Crippen LogP contribution in [0.2, 0.25) is 0 Å². The number of benzene rings is 2. The summed E-state index contributed by atoms with van der Waals surface area (Å²) < 4.78 is 27.3. The van der Waals surface area contributed by atoms with Gasteiger partial charge in [0.15, 0.2) is 28.8 Å². The Morgan fingerprint density at radius 2 is 1.50 bits per heavy atom. The van der Waals surface area contributed by atoms with Crippen molar-refractivity contribution in [3.63, 3.8) is 0 Å². The fraction of sp³-hybridized carbons (Fsp3) is 0.467. The molecule has 10 nitrogen and oxygen atoms in total. The van der Waals surface area contributed by atoms with Gasteiger partial charge >= 0.3 is 0 Å². The van der Waals surface area contributed by atoms with Crippen LogP contribution in [0.15, 0.2) is 36.4 Å². The number of nitrogens with two attached hydrogens (primary N) is 1. The van der Waals surface area contributed by atoms with E-state index in [1.165, 1.54) is 27.4 Å². The summed E-state index contributed by atoms with van der Waals surface area (Å²) >= 11 is 0. The third-order valence-electron chi connectivity index (χ3n) is 6.03. The lowest BCUT2D eigenvalue weighted by Gasteiger charge is -2.13. The molecule has 0 saturated carbocycles. The molecule has 1 amide bonds. The van der Waals surface area contributed by atoms with Crippen LogP contribution in [0.25, 0.3) is 6.08 Å². The Morgan fingerprint density at radius 3 is 2.15 bits per heavy atom. The zero-order valence-electron chi connectivity index (χ0n) is 24.0. The van der Waals surface area contributed by atoms with Gasteiger partial charge in [-0.2, -0.15) is 0 Å². The van der Waals surface area contributed by atoms with Gasteiger partial charge in [-0.1, -0.05) is 12.1 Å². The lowest BCUT2D eigenvalue weighted by Crippen LogP contribution is -2.27. The first-order valence-corrected chi connectivity index (χ1v) is 13.5. The van der Waals surface area contributed by atoms with Crippen molar-refractivity contribution in [3.05, 3.63) is 47.5 Å². The molecular weight excluding hydrogens is 514 g/mol. The van der Waals surface area contributed by atoms with Crippen molar-refractivity contribution in [2.24, 2.45) is 5.73 Å². The fourth-order valence-electron chi connectivity index (χ4n) is 3.87. The second-order valence-electron chi connectivity index (χ2n) is 8.92. The maximum Gasteiger partial charge on any atom is 0.220 e. The smallest absolute Gasteiger partial charge is 0.220 e. The maximum absolute atomic E-state index is 12.9.